The summed E-state index contributed by atoms with van der Waals surface area (Å²) in [5.41, 5.74) is -1.09. The van der Waals surface area contributed by atoms with Crippen LogP contribution in [0.1, 0.15) is 41.0 Å². The van der Waals surface area contributed by atoms with Crippen LogP contribution in [0.15, 0.2) is 24.0 Å². The average Bonchev–Trinajstić information content (AvgIpc) is 2.24. The van der Waals surface area contributed by atoms with Gasteiger partial charge in [-0.05, 0) is 51.7 Å². The van der Waals surface area contributed by atoms with Crippen LogP contribution >= 0.6 is 0 Å². The number of allylic oxidation sites excluding steroid dienone is 1. The molecule has 0 saturated heterocycles. The molecule has 1 saturated carbocycles. The van der Waals surface area contributed by atoms with Crippen LogP contribution in [0.5, 0.6) is 0 Å². The van der Waals surface area contributed by atoms with Crippen molar-refractivity contribution in [3.63, 3.8) is 0 Å². The molecule has 0 spiro atoms. The van der Waals surface area contributed by atoms with Crippen molar-refractivity contribution in [2.24, 2.45) is 11.3 Å². The average molecular weight is 280 g/mol. The first-order valence-corrected chi connectivity index (χ1v) is 6.74. The third-order valence-electron chi connectivity index (χ3n) is 3.65. The quantitative estimate of drug-likeness (QED) is 0.451. The summed E-state index contributed by atoms with van der Waals surface area (Å²) in [5.74, 6) is -0.320. The number of esters is 1. The van der Waals surface area contributed by atoms with Gasteiger partial charge in [-0.1, -0.05) is 13.5 Å². The van der Waals surface area contributed by atoms with Gasteiger partial charge >= 0.3 is 5.97 Å². The number of hydrogen-bond donors (Lipinski definition) is 0. The number of carbonyl (C=O) groups excluding carboxylic acids is 2. The number of methoxy groups -OCH3 is 1. The first kappa shape index (κ1) is 16.5. The lowest BCUT2D eigenvalue weighted by Gasteiger charge is -2.47. The van der Waals surface area contributed by atoms with Gasteiger partial charge in [-0.2, -0.15) is 0 Å². The van der Waals surface area contributed by atoms with Crippen molar-refractivity contribution in [3.8, 4) is 0 Å². The Morgan fingerprint density at radius 3 is 2.30 bits per heavy atom. The summed E-state index contributed by atoms with van der Waals surface area (Å²) in [6, 6.07) is 0. The molecule has 0 radical (unpaired) electrons. The monoisotopic (exact) mass is 280 g/mol. The van der Waals surface area contributed by atoms with Crippen molar-refractivity contribution >= 4 is 11.8 Å². The van der Waals surface area contributed by atoms with E-state index in [1.807, 2.05) is 6.92 Å². The third-order valence-corrected chi connectivity index (χ3v) is 3.65. The van der Waals surface area contributed by atoms with Crippen LogP contribution in [-0.4, -0.2) is 24.5 Å². The predicted octanol–water partition coefficient (Wildman–Crippen LogP) is 3.03. The summed E-state index contributed by atoms with van der Waals surface area (Å²) in [6.45, 7) is 12.4. The molecule has 0 aromatic heterocycles. The van der Waals surface area contributed by atoms with Crippen LogP contribution in [0.2, 0.25) is 0 Å². The van der Waals surface area contributed by atoms with Gasteiger partial charge in [-0.3, -0.25) is 9.59 Å². The Morgan fingerprint density at radius 2 is 1.95 bits per heavy atom. The van der Waals surface area contributed by atoms with E-state index in [4.69, 9.17) is 9.47 Å². The van der Waals surface area contributed by atoms with E-state index in [-0.39, 0.29) is 11.7 Å². The van der Waals surface area contributed by atoms with Crippen LogP contribution in [0.25, 0.3) is 0 Å². The molecule has 1 aliphatic rings. The van der Waals surface area contributed by atoms with Crippen LogP contribution < -0.4 is 0 Å². The number of hydrogen-bond acceptors (Lipinski definition) is 4. The van der Waals surface area contributed by atoms with Crippen LogP contribution in [0.3, 0.4) is 0 Å². The lowest BCUT2D eigenvalue weighted by Crippen LogP contribution is -2.55. The molecule has 0 heterocycles. The maximum absolute atomic E-state index is 12.5. The molecule has 1 rings (SSSR count). The fourth-order valence-electron chi connectivity index (χ4n) is 2.66. The van der Waals surface area contributed by atoms with Gasteiger partial charge in [-0.25, -0.2) is 0 Å². The largest absolute Gasteiger partial charge is 0.497 e. The van der Waals surface area contributed by atoms with Crippen molar-refractivity contribution in [2.75, 3.05) is 7.11 Å². The van der Waals surface area contributed by atoms with E-state index in [2.05, 4.69) is 6.58 Å². The Balaban J connectivity index is 3.20. The highest BCUT2D eigenvalue weighted by Crippen LogP contribution is 2.53. The molecular weight excluding hydrogens is 256 g/mol. The molecule has 4 nitrogen and oxygen atoms in total. The van der Waals surface area contributed by atoms with Gasteiger partial charge in [-0.15, -0.1) is 0 Å². The molecule has 2 atom stereocenters. The van der Waals surface area contributed by atoms with E-state index < -0.39 is 17.0 Å². The Labute approximate surface area is 120 Å². The maximum Gasteiger partial charge on any atom is 0.324 e. The standard InChI is InChI=1S/C16H24O4/c1-10-8-13(9-11(2)19-7)16(10,12(3)17)14(18)20-15(4,5)6/h9-10H,2,8H2,1,3-7H3/b13-9+. The summed E-state index contributed by atoms with van der Waals surface area (Å²) in [5, 5.41) is 0. The van der Waals surface area contributed by atoms with E-state index in [1.54, 1.807) is 26.8 Å². The minimum absolute atomic E-state index is 0.0780. The second kappa shape index (κ2) is 5.43. The summed E-state index contributed by atoms with van der Waals surface area (Å²) in [6.07, 6.45) is 2.34. The van der Waals surface area contributed by atoms with Crippen LogP contribution in [0, 0.1) is 11.3 Å². The van der Waals surface area contributed by atoms with Gasteiger partial charge in [0.05, 0.1) is 7.11 Å². The number of carbonyl (C=O) groups is 2. The molecule has 4 heteroatoms. The first-order valence-electron chi connectivity index (χ1n) is 6.74. The Kier molecular flexibility index (Phi) is 4.47. The molecule has 112 valence electrons. The molecule has 0 N–H and O–H groups in total. The van der Waals surface area contributed by atoms with Crippen molar-refractivity contribution in [3.05, 3.63) is 24.0 Å². The van der Waals surface area contributed by atoms with Gasteiger partial charge < -0.3 is 9.47 Å². The van der Waals surface area contributed by atoms with E-state index in [1.165, 1.54) is 14.0 Å². The topological polar surface area (TPSA) is 52.6 Å². The summed E-state index contributed by atoms with van der Waals surface area (Å²) in [4.78, 5) is 24.7. The second-order valence-corrected chi connectivity index (χ2v) is 6.31. The van der Waals surface area contributed by atoms with E-state index in [9.17, 15) is 9.59 Å². The molecule has 2 unspecified atom stereocenters. The van der Waals surface area contributed by atoms with Crippen LogP contribution in [0.4, 0.5) is 0 Å². The minimum atomic E-state index is -1.19. The van der Waals surface area contributed by atoms with Crippen molar-refractivity contribution in [1.82, 2.24) is 0 Å². The highest BCUT2D eigenvalue weighted by Gasteiger charge is 2.60. The number of Topliss-reactive ketones (excluding diaryl/α,β-unsaturated/α-hetero) is 1. The Morgan fingerprint density at radius 1 is 1.40 bits per heavy atom. The van der Waals surface area contributed by atoms with E-state index in [0.29, 0.717) is 12.2 Å². The highest BCUT2D eigenvalue weighted by molar-refractivity contribution is 6.08. The summed E-state index contributed by atoms with van der Waals surface area (Å²) >= 11 is 0. The van der Waals surface area contributed by atoms with Crippen molar-refractivity contribution in [2.45, 2.75) is 46.6 Å². The molecule has 0 bridgehead atoms. The first-order chi connectivity index (χ1) is 9.05. The van der Waals surface area contributed by atoms with Gasteiger partial charge in [0.25, 0.3) is 0 Å². The molecule has 1 aliphatic carbocycles. The molecular formula is C16H24O4. The Hall–Kier alpha value is -1.58. The normalized spacial score (nSPS) is 27.7. The van der Waals surface area contributed by atoms with Gasteiger partial charge in [0.2, 0.25) is 0 Å². The zero-order valence-corrected chi connectivity index (χ0v) is 13.2. The molecule has 0 amide bonds. The second-order valence-electron chi connectivity index (χ2n) is 6.31. The number of rotatable bonds is 4. The fraction of sp³-hybridized carbons (Fsp3) is 0.625. The molecule has 0 aromatic rings. The maximum atomic E-state index is 12.5. The SMILES string of the molecule is C=C(/C=C1\CC(C)C1(C(C)=O)C(=O)OC(C)(C)C)OC. The predicted molar refractivity (Wildman–Crippen MR) is 77.0 cm³/mol. The zero-order chi connectivity index (χ0) is 15.7. The molecule has 0 aromatic carbocycles. The lowest BCUT2D eigenvalue weighted by molar-refractivity contribution is -0.174. The highest BCUT2D eigenvalue weighted by atomic mass is 16.6. The number of ether oxygens (including phenoxy) is 2. The molecule has 0 aliphatic heterocycles. The summed E-state index contributed by atoms with van der Waals surface area (Å²) in [7, 11) is 1.50. The minimum Gasteiger partial charge on any atom is -0.497 e. The van der Waals surface area contributed by atoms with E-state index >= 15 is 0 Å². The fourth-order valence-corrected chi connectivity index (χ4v) is 2.66. The zero-order valence-electron chi connectivity index (χ0n) is 13.2. The van der Waals surface area contributed by atoms with Gasteiger partial charge in [0.1, 0.15) is 16.8 Å². The van der Waals surface area contributed by atoms with Gasteiger partial charge in [0.15, 0.2) is 5.78 Å². The lowest BCUT2D eigenvalue weighted by atomic mass is 9.55. The third kappa shape index (κ3) is 2.79. The molecule has 20 heavy (non-hydrogen) atoms. The van der Waals surface area contributed by atoms with Gasteiger partial charge in [0, 0.05) is 0 Å². The van der Waals surface area contributed by atoms with Crippen molar-refractivity contribution in [1.29, 1.82) is 0 Å². The number of ketones is 1. The molecule has 1 fully saturated rings. The van der Waals surface area contributed by atoms with E-state index in [0.717, 1.165) is 5.57 Å². The van der Waals surface area contributed by atoms with Crippen molar-refractivity contribution < 1.29 is 19.1 Å². The summed E-state index contributed by atoms with van der Waals surface area (Å²) < 4.78 is 10.5. The van der Waals surface area contributed by atoms with Crippen LogP contribution in [-0.2, 0) is 19.1 Å². The smallest absolute Gasteiger partial charge is 0.324 e. The Bertz CT molecular complexity index is 467.